The zero-order valence-corrected chi connectivity index (χ0v) is 16.4. The summed E-state index contributed by atoms with van der Waals surface area (Å²) in [5, 5.41) is 0.518. The number of rotatable bonds is 5. The lowest BCUT2D eigenvalue weighted by Gasteiger charge is -2.23. The van der Waals surface area contributed by atoms with Gasteiger partial charge in [0.15, 0.2) is 0 Å². The number of amides is 1. The first-order chi connectivity index (χ1) is 15.3. The molecule has 1 aliphatic rings. The van der Waals surface area contributed by atoms with Crippen molar-refractivity contribution in [1.29, 1.82) is 0 Å². The summed E-state index contributed by atoms with van der Waals surface area (Å²) in [7, 11) is 0. The average Bonchev–Trinajstić information content (AvgIpc) is 3.37. The zero-order chi connectivity index (χ0) is 22.9. The Bertz CT molecular complexity index is 1140. The molecule has 1 aliphatic heterocycles. The van der Waals surface area contributed by atoms with Gasteiger partial charge >= 0.3 is 12.1 Å². The van der Waals surface area contributed by atoms with Crippen molar-refractivity contribution >= 4 is 23.0 Å². The van der Waals surface area contributed by atoms with E-state index in [1.54, 1.807) is 0 Å². The summed E-state index contributed by atoms with van der Waals surface area (Å²) >= 11 is 0. The van der Waals surface area contributed by atoms with Crippen LogP contribution in [0.15, 0.2) is 54.7 Å². The van der Waals surface area contributed by atoms with E-state index < -0.39 is 36.4 Å². The second kappa shape index (κ2) is 8.57. The van der Waals surface area contributed by atoms with E-state index in [9.17, 15) is 14.0 Å². The minimum absolute atomic E-state index is 0.0222. The van der Waals surface area contributed by atoms with Crippen molar-refractivity contribution in [2.45, 2.75) is 38.5 Å². The number of ether oxygens (including phenoxy) is 2. The number of H-pyrrole nitrogens is 1. The maximum Gasteiger partial charge on any atom is 0.410 e. The summed E-state index contributed by atoms with van der Waals surface area (Å²) in [6.07, 6.45) is -1.77. The van der Waals surface area contributed by atoms with Gasteiger partial charge in [-0.1, -0.05) is 30.3 Å². The van der Waals surface area contributed by atoms with Crippen LogP contribution in [0.1, 0.15) is 27.2 Å². The maximum absolute atomic E-state index is 13.6. The fourth-order valence-electron chi connectivity index (χ4n) is 3.66. The number of esters is 1. The highest BCUT2D eigenvalue weighted by Crippen LogP contribution is 2.28. The van der Waals surface area contributed by atoms with Gasteiger partial charge in [-0.15, -0.1) is 0 Å². The molecule has 0 saturated carbocycles. The number of carbonyl (C=O) groups excluding carboxylic acids is 2. The van der Waals surface area contributed by atoms with Gasteiger partial charge in [0.05, 0.1) is 6.54 Å². The Morgan fingerprint density at radius 3 is 2.83 bits per heavy atom. The van der Waals surface area contributed by atoms with Crippen molar-refractivity contribution in [2.75, 3.05) is 6.54 Å². The molecule has 1 unspecified atom stereocenters. The molecule has 2 atom stereocenters. The molecule has 30 heavy (non-hydrogen) atoms. The molecule has 0 aliphatic carbocycles. The molecule has 1 aromatic heterocycles. The minimum Gasteiger partial charge on any atom is -0.461 e. The van der Waals surface area contributed by atoms with Crippen LogP contribution >= 0.6 is 0 Å². The third-order valence-corrected chi connectivity index (χ3v) is 5.00. The van der Waals surface area contributed by atoms with E-state index in [1.165, 1.54) is 36.2 Å². The minimum atomic E-state index is -2.02. The maximum atomic E-state index is 13.6. The third kappa shape index (κ3) is 4.45. The Balaban J connectivity index is 1.61. The molecule has 0 bridgehead atoms. The standard InChI is InChI=1S/C23H23FN2O4/c1-15(27)30-20-11-19(9-17-12-25-22-10-18(24)7-8-21(17)22)26(13-20)23(28)29-14-16-5-3-2-4-6-16/h2-8,10,12,19-20,25H,9,11,13-14H2,1H3/t19-,20?/m1/s1/i9D2. The SMILES string of the molecule is [2H]C([2H])(c1c[nH]c2cc(F)ccc12)[C@@H]1CC(OC(C)=O)CN1C(=O)OCc1ccccc1. The highest BCUT2D eigenvalue weighted by Gasteiger charge is 2.38. The molecule has 7 heteroatoms. The van der Waals surface area contributed by atoms with Crippen LogP contribution in [0, 0.1) is 5.82 Å². The molecule has 0 radical (unpaired) electrons. The number of hydrogen-bond acceptors (Lipinski definition) is 4. The van der Waals surface area contributed by atoms with Crippen molar-refractivity contribution in [3.63, 3.8) is 0 Å². The number of carbonyl (C=O) groups is 2. The van der Waals surface area contributed by atoms with Gasteiger partial charge in [-0.2, -0.15) is 0 Å². The van der Waals surface area contributed by atoms with Gasteiger partial charge in [0, 0.05) is 39.2 Å². The van der Waals surface area contributed by atoms with Crippen LogP contribution in [-0.4, -0.2) is 40.6 Å². The second-order valence-corrected chi connectivity index (χ2v) is 7.21. The molecular weight excluding hydrogens is 387 g/mol. The Kier molecular flexibility index (Phi) is 5.00. The smallest absolute Gasteiger partial charge is 0.410 e. The molecule has 6 nitrogen and oxygen atoms in total. The van der Waals surface area contributed by atoms with Gasteiger partial charge in [0.25, 0.3) is 0 Å². The van der Waals surface area contributed by atoms with E-state index in [-0.39, 0.29) is 19.6 Å². The molecule has 1 fully saturated rings. The Morgan fingerprint density at radius 2 is 2.07 bits per heavy atom. The van der Waals surface area contributed by atoms with E-state index >= 15 is 0 Å². The summed E-state index contributed by atoms with van der Waals surface area (Å²) < 4.78 is 42.0. The number of aromatic nitrogens is 1. The number of nitrogens with one attached hydrogen (secondary N) is 1. The molecule has 1 amide bonds. The first kappa shape index (κ1) is 17.5. The van der Waals surface area contributed by atoms with Crippen LogP contribution in [0.5, 0.6) is 0 Å². The van der Waals surface area contributed by atoms with E-state index in [0.29, 0.717) is 16.5 Å². The summed E-state index contributed by atoms with van der Waals surface area (Å²) in [6.45, 7) is 1.33. The fraction of sp³-hybridized carbons (Fsp3) is 0.304. The number of nitrogens with zero attached hydrogens (tertiary/aromatic N) is 1. The van der Waals surface area contributed by atoms with Crippen molar-refractivity contribution in [2.24, 2.45) is 0 Å². The predicted octanol–water partition coefficient (Wildman–Crippen LogP) is 4.19. The monoisotopic (exact) mass is 412 g/mol. The summed E-state index contributed by atoms with van der Waals surface area (Å²) in [5.74, 6) is -0.940. The number of benzene rings is 2. The molecule has 156 valence electrons. The molecule has 1 N–H and O–H groups in total. The van der Waals surface area contributed by atoms with Gasteiger partial charge in [-0.25, -0.2) is 9.18 Å². The van der Waals surface area contributed by atoms with Crippen LogP contribution in [0.25, 0.3) is 10.9 Å². The highest BCUT2D eigenvalue weighted by atomic mass is 19.1. The van der Waals surface area contributed by atoms with Crippen molar-refractivity contribution in [3.8, 4) is 0 Å². The summed E-state index contributed by atoms with van der Waals surface area (Å²) in [6, 6.07) is 12.3. The molecule has 2 aromatic carbocycles. The zero-order valence-electron chi connectivity index (χ0n) is 18.4. The number of halogens is 1. The normalized spacial score (nSPS) is 20.0. The molecule has 2 heterocycles. The lowest BCUT2D eigenvalue weighted by molar-refractivity contribution is -0.145. The van der Waals surface area contributed by atoms with Crippen LogP contribution < -0.4 is 0 Å². The predicted molar refractivity (Wildman–Crippen MR) is 109 cm³/mol. The molecule has 1 saturated heterocycles. The second-order valence-electron chi connectivity index (χ2n) is 7.21. The van der Waals surface area contributed by atoms with E-state index in [1.807, 2.05) is 30.3 Å². The summed E-state index contributed by atoms with van der Waals surface area (Å²) in [5.41, 5.74) is 1.55. The summed E-state index contributed by atoms with van der Waals surface area (Å²) in [4.78, 5) is 28.6. The van der Waals surface area contributed by atoms with Crippen LogP contribution in [0.2, 0.25) is 0 Å². The number of aromatic amines is 1. The van der Waals surface area contributed by atoms with Gasteiger partial charge in [-0.3, -0.25) is 4.79 Å². The number of hydrogen-bond donors (Lipinski definition) is 1. The first-order valence-electron chi connectivity index (χ1n) is 10.7. The van der Waals surface area contributed by atoms with Gasteiger partial charge in [-0.05, 0) is 35.7 Å². The van der Waals surface area contributed by atoms with Crippen LogP contribution in [0.3, 0.4) is 0 Å². The Labute approximate surface area is 176 Å². The van der Waals surface area contributed by atoms with Crippen LogP contribution in [0.4, 0.5) is 9.18 Å². The topological polar surface area (TPSA) is 71.6 Å². The third-order valence-electron chi connectivity index (χ3n) is 5.00. The lowest BCUT2D eigenvalue weighted by Crippen LogP contribution is -2.37. The van der Waals surface area contributed by atoms with E-state index in [2.05, 4.69) is 4.98 Å². The van der Waals surface area contributed by atoms with Gasteiger partial charge in [0.2, 0.25) is 0 Å². The number of fused-ring (bicyclic) bond motifs is 1. The largest absolute Gasteiger partial charge is 0.461 e. The molecule has 4 rings (SSSR count). The molecular formula is C23H23FN2O4. The van der Waals surface area contributed by atoms with Gasteiger partial charge in [0.1, 0.15) is 18.5 Å². The Morgan fingerprint density at radius 1 is 1.27 bits per heavy atom. The van der Waals surface area contributed by atoms with Crippen molar-refractivity contribution in [1.82, 2.24) is 9.88 Å². The van der Waals surface area contributed by atoms with Crippen molar-refractivity contribution < 1.29 is 26.2 Å². The quantitative estimate of drug-likeness (QED) is 0.638. The highest BCUT2D eigenvalue weighted by molar-refractivity contribution is 5.83. The van der Waals surface area contributed by atoms with Crippen LogP contribution in [-0.2, 0) is 27.2 Å². The van der Waals surface area contributed by atoms with E-state index in [0.717, 1.165) is 5.56 Å². The lowest BCUT2D eigenvalue weighted by atomic mass is 10.0. The average molecular weight is 412 g/mol. The van der Waals surface area contributed by atoms with Gasteiger partial charge < -0.3 is 19.4 Å². The first-order valence-corrected chi connectivity index (χ1v) is 9.67. The molecule has 0 spiro atoms. The van der Waals surface area contributed by atoms with Crippen molar-refractivity contribution in [3.05, 3.63) is 71.7 Å². The molecule has 3 aromatic rings. The Hall–Kier alpha value is -3.35. The number of likely N-dealkylation sites (tertiary alicyclic amines) is 1. The fourth-order valence-corrected chi connectivity index (χ4v) is 3.66. The van der Waals surface area contributed by atoms with E-state index in [4.69, 9.17) is 12.2 Å².